The van der Waals surface area contributed by atoms with Crippen LogP contribution in [0.2, 0.25) is 0 Å². The Kier molecular flexibility index (Phi) is 7.12. The molecule has 0 saturated heterocycles. The van der Waals surface area contributed by atoms with E-state index >= 15 is 0 Å². The van der Waals surface area contributed by atoms with Crippen molar-refractivity contribution in [2.75, 3.05) is 31.6 Å². The molecule has 1 amide bonds. The first-order valence-corrected chi connectivity index (χ1v) is 7.51. The molecule has 0 bridgehead atoms. The van der Waals surface area contributed by atoms with Crippen molar-refractivity contribution in [3.8, 4) is 0 Å². The van der Waals surface area contributed by atoms with Gasteiger partial charge in [0.1, 0.15) is 0 Å². The van der Waals surface area contributed by atoms with E-state index in [4.69, 9.17) is 5.11 Å². The summed E-state index contributed by atoms with van der Waals surface area (Å²) < 4.78 is 0. The molecule has 5 nitrogen and oxygen atoms in total. The SMILES string of the molecule is CN(CCNC(=O)CSCC(=O)O)C1CCCC1. The van der Waals surface area contributed by atoms with E-state index in [9.17, 15) is 9.59 Å². The number of aliphatic carboxylic acids is 1. The fourth-order valence-electron chi connectivity index (χ4n) is 2.18. The molecule has 1 saturated carbocycles. The monoisotopic (exact) mass is 274 g/mol. The molecule has 0 radical (unpaired) electrons. The van der Waals surface area contributed by atoms with Gasteiger partial charge in [0.15, 0.2) is 0 Å². The first-order valence-electron chi connectivity index (χ1n) is 6.36. The lowest BCUT2D eigenvalue weighted by molar-refractivity contribution is -0.133. The average molecular weight is 274 g/mol. The Labute approximate surface area is 112 Å². The van der Waals surface area contributed by atoms with Crippen molar-refractivity contribution in [3.63, 3.8) is 0 Å². The number of carbonyl (C=O) groups is 2. The fourth-order valence-corrected chi connectivity index (χ4v) is 2.75. The Morgan fingerprint density at radius 3 is 2.61 bits per heavy atom. The molecule has 6 heteroatoms. The fraction of sp³-hybridized carbons (Fsp3) is 0.833. The van der Waals surface area contributed by atoms with E-state index in [1.54, 1.807) is 0 Å². The van der Waals surface area contributed by atoms with Crippen LogP contribution >= 0.6 is 11.8 Å². The number of likely N-dealkylation sites (N-methyl/N-ethyl adjacent to an activating group) is 1. The number of carbonyl (C=O) groups excluding carboxylic acids is 1. The van der Waals surface area contributed by atoms with E-state index < -0.39 is 5.97 Å². The van der Waals surface area contributed by atoms with Gasteiger partial charge in [0.05, 0.1) is 11.5 Å². The molecule has 1 aliphatic carbocycles. The van der Waals surface area contributed by atoms with Crippen molar-refractivity contribution in [2.24, 2.45) is 0 Å². The van der Waals surface area contributed by atoms with Crippen LogP contribution in [-0.4, -0.2) is 59.6 Å². The number of hydrogen-bond donors (Lipinski definition) is 2. The minimum Gasteiger partial charge on any atom is -0.481 e. The highest BCUT2D eigenvalue weighted by molar-refractivity contribution is 8.00. The van der Waals surface area contributed by atoms with Gasteiger partial charge in [-0.2, -0.15) is 0 Å². The van der Waals surface area contributed by atoms with Crippen LogP contribution in [-0.2, 0) is 9.59 Å². The standard InChI is InChI=1S/C12H22N2O3S/c1-14(10-4-2-3-5-10)7-6-13-11(15)8-18-9-12(16)17/h10H,2-9H2,1H3,(H,13,15)(H,16,17). The van der Waals surface area contributed by atoms with Gasteiger partial charge < -0.3 is 15.3 Å². The molecule has 0 aromatic rings. The normalized spacial score (nSPS) is 16.1. The first-order chi connectivity index (χ1) is 8.59. The number of amides is 1. The largest absolute Gasteiger partial charge is 0.481 e. The van der Waals surface area contributed by atoms with Gasteiger partial charge in [-0.05, 0) is 19.9 Å². The minimum absolute atomic E-state index is 0.0185. The van der Waals surface area contributed by atoms with E-state index in [-0.39, 0.29) is 17.4 Å². The van der Waals surface area contributed by atoms with Crippen LogP contribution in [0.3, 0.4) is 0 Å². The van der Waals surface area contributed by atoms with E-state index in [0.717, 1.165) is 18.3 Å². The van der Waals surface area contributed by atoms with Crippen molar-refractivity contribution >= 4 is 23.6 Å². The number of carboxylic acid groups (broad SMARTS) is 1. The van der Waals surface area contributed by atoms with Gasteiger partial charge >= 0.3 is 5.97 Å². The number of nitrogens with one attached hydrogen (secondary N) is 1. The van der Waals surface area contributed by atoms with E-state index in [0.29, 0.717) is 12.6 Å². The zero-order chi connectivity index (χ0) is 13.4. The minimum atomic E-state index is -0.881. The summed E-state index contributed by atoms with van der Waals surface area (Å²) in [4.78, 5) is 24.0. The first kappa shape index (κ1) is 15.3. The van der Waals surface area contributed by atoms with E-state index in [1.807, 2.05) is 0 Å². The predicted octanol–water partition coefficient (Wildman–Crippen LogP) is 0.795. The summed E-state index contributed by atoms with van der Waals surface area (Å²) in [5.41, 5.74) is 0. The Bertz CT molecular complexity index is 280. The Balaban J connectivity index is 2.02. The van der Waals surface area contributed by atoms with E-state index in [2.05, 4.69) is 17.3 Å². The lowest BCUT2D eigenvalue weighted by Gasteiger charge is -2.23. The van der Waals surface area contributed by atoms with Gasteiger partial charge in [0.25, 0.3) is 0 Å². The molecule has 0 aromatic carbocycles. The van der Waals surface area contributed by atoms with Gasteiger partial charge in [-0.15, -0.1) is 11.8 Å². The van der Waals surface area contributed by atoms with Crippen molar-refractivity contribution < 1.29 is 14.7 Å². The Morgan fingerprint density at radius 1 is 1.33 bits per heavy atom. The lowest BCUT2D eigenvalue weighted by Crippen LogP contribution is -2.38. The van der Waals surface area contributed by atoms with Crippen LogP contribution in [0, 0.1) is 0 Å². The van der Waals surface area contributed by atoms with Crippen LogP contribution in [0.25, 0.3) is 0 Å². The van der Waals surface area contributed by atoms with Gasteiger partial charge in [0.2, 0.25) is 5.91 Å². The molecule has 1 rings (SSSR count). The summed E-state index contributed by atoms with van der Waals surface area (Å²) >= 11 is 1.13. The van der Waals surface area contributed by atoms with Crippen LogP contribution in [0.5, 0.6) is 0 Å². The summed E-state index contributed by atoms with van der Waals surface area (Å²) in [6.45, 7) is 1.50. The smallest absolute Gasteiger partial charge is 0.313 e. The van der Waals surface area contributed by atoms with Crippen LogP contribution < -0.4 is 5.32 Å². The summed E-state index contributed by atoms with van der Waals surface area (Å²) in [6.07, 6.45) is 5.15. The molecular formula is C12H22N2O3S. The molecule has 1 aliphatic rings. The molecule has 18 heavy (non-hydrogen) atoms. The summed E-state index contributed by atoms with van der Waals surface area (Å²) in [7, 11) is 2.10. The second-order valence-corrected chi connectivity index (χ2v) is 5.64. The highest BCUT2D eigenvalue weighted by Crippen LogP contribution is 2.21. The number of hydrogen-bond acceptors (Lipinski definition) is 4. The predicted molar refractivity (Wildman–Crippen MR) is 72.9 cm³/mol. The third kappa shape index (κ3) is 6.26. The lowest BCUT2D eigenvalue weighted by atomic mass is 10.2. The molecule has 0 atom stereocenters. The highest BCUT2D eigenvalue weighted by atomic mass is 32.2. The van der Waals surface area contributed by atoms with Gasteiger partial charge in [-0.3, -0.25) is 9.59 Å². The molecule has 0 aliphatic heterocycles. The number of rotatable bonds is 8. The quantitative estimate of drug-likeness (QED) is 0.685. The van der Waals surface area contributed by atoms with Gasteiger partial charge in [-0.25, -0.2) is 0 Å². The molecule has 0 spiro atoms. The van der Waals surface area contributed by atoms with Crippen LogP contribution in [0.1, 0.15) is 25.7 Å². The molecule has 104 valence electrons. The van der Waals surface area contributed by atoms with E-state index in [1.165, 1.54) is 25.7 Å². The second-order valence-electron chi connectivity index (χ2n) is 4.66. The molecule has 0 unspecified atom stereocenters. The number of nitrogens with zero attached hydrogens (tertiary/aromatic N) is 1. The third-order valence-electron chi connectivity index (χ3n) is 3.19. The summed E-state index contributed by atoms with van der Waals surface area (Å²) in [5.74, 6) is -0.760. The molecule has 0 aromatic heterocycles. The number of carboxylic acids is 1. The average Bonchev–Trinajstić information content (AvgIpc) is 2.81. The maximum atomic E-state index is 11.4. The third-order valence-corrected chi connectivity index (χ3v) is 4.11. The second kappa shape index (κ2) is 8.37. The number of thioether (sulfide) groups is 1. The Morgan fingerprint density at radius 2 is 2.00 bits per heavy atom. The maximum Gasteiger partial charge on any atom is 0.313 e. The van der Waals surface area contributed by atoms with Crippen molar-refractivity contribution in [1.82, 2.24) is 10.2 Å². The maximum absolute atomic E-state index is 11.4. The summed E-state index contributed by atoms with van der Waals surface area (Å²) in [5, 5.41) is 11.3. The molecule has 2 N–H and O–H groups in total. The highest BCUT2D eigenvalue weighted by Gasteiger charge is 2.18. The Hall–Kier alpha value is -0.750. The van der Waals surface area contributed by atoms with Crippen molar-refractivity contribution in [1.29, 1.82) is 0 Å². The van der Waals surface area contributed by atoms with Crippen molar-refractivity contribution in [3.05, 3.63) is 0 Å². The zero-order valence-corrected chi connectivity index (χ0v) is 11.7. The van der Waals surface area contributed by atoms with Gasteiger partial charge in [-0.1, -0.05) is 12.8 Å². The molecule has 1 fully saturated rings. The zero-order valence-electron chi connectivity index (χ0n) is 10.9. The van der Waals surface area contributed by atoms with Crippen LogP contribution in [0.4, 0.5) is 0 Å². The summed E-state index contributed by atoms with van der Waals surface area (Å²) in [6, 6.07) is 0.670. The molecule has 0 heterocycles. The van der Waals surface area contributed by atoms with Crippen LogP contribution in [0.15, 0.2) is 0 Å². The van der Waals surface area contributed by atoms with Crippen molar-refractivity contribution in [2.45, 2.75) is 31.7 Å². The van der Waals surface area contributed by atoms with Gasteiger partial charge in [0, 0.05) is 19.1 Å². The molecular weight excluding hydrogens is 252 g/mol. The topological polar surface area (TPSA) is 69.6 Å².